The van der Waals surface area contributed by atoms with Crippen molar-refractivity contribution in [3.63, 3.8) is 0 Å². The van der Waals surface area contributed by atoms with Gasteiger partial charge in [-0.2, -0.15) is 0 Å². The van der Waals surface area contributed by atoms with E-state index in [1.807, 2.05) is 6.07 Å². The number of hydrogen-bond acceptors (Lipinski definition) is 2. The first-order valence-electron chi connectivity index (χ1n) is 6.98. The number of nitrogens with zero attached hydrogens (tertiary/aromatic N) is 1. The van der Waals surface area contributed by atoms with Gasteiger partial charge in [-0.25, -0.2) is 4.39 Å². The fourth-order valence-corrected chi connectivity index (χ4v) is 3.54. The summed E-state index contributed by atoms with van der Waals surface area (Å²) in [7, 11) is 0. The van der Waals surface area contributed by atoms with E-state index in [0.29, 0.717) is 0 Å². The average Bonchev–Trinajstić information content (AvgIpc) is 2.81. The van der Waals surface area contributed by atoms with Crippen molar-refractivity contribution in [1.82, 2.24) is 4.90 Å². The van der Waals surface area contributed by atoms with Gasteiger partial charge in [0.1, 0.15) is 5.82 Å². The highest BCUT2D eigenvalue weighted by atomic mass is 19.1. The Labute approximate surface area is 108 Å². The van der Waals surface area contributed by atoms with E-state index < -0.39 is 0 Å². The lowest BCUT2D eigenvalue weighted by Gasteiger charge is -2.52. The Hall–Kier alpha value is -0.930. The highest BCUT2D eigenvalue weighted by Gasteiger charge is 2.48. The van der Waals surface area contributed by atoms with Crippen molar-refractivity contribution in [2.24, 2.45) is 5.73 Å². The molecular weight excluding hydrogens is 227 g/mol. The van der Waals surface area contributed by atoms with Gasteiger partial charge in [-0.1, -0.05) is 12.1 Å². The normalized spacial score (nSPS) is 24.8. The van der Waals surface area contributed by atoms with Gasteiger partial charge in [-0.05, 0) is 62.9 Å². The average molecular weight is 248 g/mol. The molecule has 2 fully saturated rings. The molecule has 1 aliphatic carbocycles. The smallest absolute Gasteiger partial charge is 0.123 e. The van der Waals surface area contributed by atoms with Gasteiger partial charge >= 0.3 is 0 Å². The second-order valence-corrected chi connectivity index (χ2v) is 5.68. The molecule has 1 atom stereocenters. The Morgan fingerprint density at radius 2 is 1.89 bits per heavy atom. The van der Waals surface area contributed by atoms with E-state index in [2.05, 4.69) is 4.90 Å². The van der Waals surface area contributed by atoms with Crippen LogP contribution in [-0.2, 0) is 0 Å². The van der Waals surface area contributed by atoms with Gasteiger partial charge in [0.2, 0.25) is 0 Å². The zero-order valence-corrected chi connectivity index (χ0v) is 10.7. The first-order chi connectivity index (χ1) is 8.72. The van der Waals surface area contributed by atoms with Crippen LogP contribution in [0.25, 0.3) is 0 Å². The van der Waals surface area contributed by atoms with Crippen molar-refractivity contribution in [3.05, 3.63) is 35.6 Å². The Balaban J connectivity index is 1.87. The molecule has 1 aromatic rings. The van der Waals surface area contributed by atoms with Crippen LogP contribution in [0.2, 0.25) is 0 Å². The number of nitrogens with two attached hydrogens (primary N) is 1. The van der Waals surface area contributed by atoms with E-state index in [1.165, 1.54) is 25.3 Å². The fourth-order valence-electron chi connectivity index (χ4n) is 3.54. The molecule has 18 heavy (non-hydrogen) atoms. The molecule has 0 aromatic heterocycles. The van der Waals surface area contributed by atoms with Crippen LogP contribution in [0.5, 0.6) is 0 Å². The van der Waals surface area contributed by atoms with Crippen molar-refractivity contribution >= 4 is 0 Å². The number of halogens is 1. The lowest BCUT2D eigenvalue weighted by atomic mass is 9.68. The van der Waals surface area contributed by atoms with Gasteiger partial charge in [0.25, 0.3) is 0 Å². The minimum atomic E-state index is -0.182. The summed E-state index contributed by atoms with van der Waals surface area (Å²) in [5.41, 5.74) is 7.52. The number of hydrogen-bond donors (Lipinski definition) is 1. The summed E-state index contributed by atoms with van der Waals surface area (Å²) in [5, 5.41) is 0. The highest BCUT2D eigenvalue weighted by molar-refractivity contribution is 5.25. The van der Waals surface area contributed by atoms with Crippen LogP contribution in [0.1, 0.15) is 43.7 Å². The lowest BCUT2D eigenvalue weighted by molar-refractivity contribution is 0.0108. The molecule has 1 saturated carbocycles. The molecule has 0 radical (unpaired) electrons. The van der Waals surface area contributed by atoms with Crippen molar-refractivity contribution in [2.75, 3.05) is 13.1 Å². The monoisotopic (exact) mass is 248 g/mol. The summed E-state index contributed by atoms with van der Waals surface area (Å²) in [6, 6.07) is 6.76. The van der Waals surface area contributed by atoms with Gasteiger partial charge in [0.05, 0.1) is 0 Å². The summed E-state index contributed by atoms with van der Waals surface area (Å²) in [4.78, 5) is 2.55. The standard InChI is InChI=1S/C15H21FN2/c16-13-6-3-5-12(11-13)14(17)15(7-4-8-15)18-9-1-2-10-18/h3,5-6,11,14H,1-2,4,7-10,17H2. The molecule has 1 heterocycles. The van der Waals surface area contributed by atoms with E-state index in [4.69, 9.17) is 5.73 Å². The summed E-state index contributed by atoms with van der Waals surface area (Å²) in [5.74, 6) is -0.182. The molecule has 2 nitrogen and oxygen atoms in total. The summed E-state index contributed by atoms with van der Waals surface area (Å²) < 4.78 is 13.3. The van der Waals surface area contributed by atoms with Crippen molar-refractivity contribution in [3.8, 4) is 0 Å². The van der Waals surface area contributed by atoms with Gasteiger partial charge in [-0.15, -0.1) is 0 Å². The third-order valence-electron chi connectivity index (χ3n) is 4.74. The van der Waals surface area contributed by atoms with Crippen LogP contribution < -0.4 is 5.73 Å². The molecular formula is C15H21FN2. The molecule has 0 spiro atoms. The summed E-state index contributed by atoms with van der Waals surface area (Å²) in [6.07, 6.45) is 6.12. The molecule has 1 aliphatic heterocycles. The number of likely N-dealkylation sites (tertiary alicyclic amines) is 1. The topological polar surface area (TPSA) is 29.3 Å². The van der Waals surface area contributed by atoms with Crippen molar-refractivity contribution in [1.29, 1.82) is 0 Å². The molecule has 0 amide bonds. The molecule has 0 bridgehead atoms. The third kappa shape index (κ3) is 1.86. The molecule has 2 N–H and O–H groups in total. The number of benzene rings is 1. The summed E-state index contributed by atoms with van der Waals surface area (Å²) in [6.45, 7) is 2.31. The van der Waals surface area contributed by atoms with Gasteiger partial charge in [0, 0.05) is 11.6 Å². The van der Waals surface area contributed by atoms with Crippen LogP contribution in [0.4, 0.5) is 4.39 Å². The molecule has 3 heteroatoms. The van der Waals surface area contributed by atoms with Crippen molar-refractivity contribution < 1.29 is 4.39 Å². The maximum atomic E-state index is 13.3. The van der Waals surface area contributed by atoms with Crippen LogP contribution in [-0.4, -0.2) is 23.5 Å². The number of rotatable bonds is 3. The van der Waals surface area contributed by atoms with E-state index >= 15 is 0 Å². The highest BCUT2D eigenvalue weighted by Crippen LogP contribution is 2.47. The van der Waals surface area contributed by atoms with Crippen LogP contribution in [0, 0.1) is 5.82 Å². The molecule has 3 rings (SSSR count). The zero-order chi connectivity index (χ0) is 12.6. The SMILES string of the molecule is NC(c1cccc(F)c1)C1(N2CCCC2)CCC1. The minimum absolute atomic E-state index is 0.0555. The van der Waals surface area contributed by atoms with Crippen LogP contribution in [0.15, 0.2) is 24.3 Å². The van der Waals surface area contributed by atoms with Crippen LogP contribution in [0.3, 0.4) is 0 Å². The maximum Gasteiger partial charge on any atom is 0.123 e. The molecule has 1 aromatic carbocycles. The molecule has 98 valence electrons. The predicted octanol–water partition coefficient (Wildman–Crippen LogP) is 2.84. The van der Waals surface area contributed by atoms with E-state index in [0.717, 1.165) is 31.5 Å². The van der Waals surface area contributed by atoms with Crippen molar-refractivity contribution in [2.45, 2.75) is 43.7 Å². The predicted molar refractivity (Wildman–Crippen MR) is 70.7 cm³/mol. The summed E-state index contributed by atoms with van der Waals surface area (Å²) >= 11 is 0. The van der Waals surface area contributed by atoms with E-state index in [1.54, 1.807) is 12.1 Å². The molecule has 1 saturated heterocycles. The van der Waals surface area contributed by atoms with Crippen LogP contribution >= 0.6 is 0 Å². The minimum Gasteiger partial charge on any atom is -0.322 e. The van der Waals surface area contributed by atoms with E-state index in [9.17, 15) is 4.39 Å². The first kappa shape index (κ1) is 12.1. The molecule has 2 aliphatic rings. The van der Waals surface area contributed by atoms with Gasteiger partial charge in [0.15, 0.2) is 0 Å². The van der Waals surface area contributed by atoms with Gasteiger partial charge < -0.3 is 5.73 Å². The van der Waals surface area contributed by atoms with Gasteiger partial charge in [-0.3, -0.25) is 4.90 Å². The van der Waals surface area contributed by atoms with E-state index in [-0.39, 0.29) is 17.4 Å². The third-order valence-corrected chi connectivity index (χ3v) is 4.74. The largest absolute Gasteiger partial charge is 0.322 e. The zero-order valence-electron chi connectivity index (χ0n) is 10.7. The fraction of sp³-hybridized carbons (Fsp3) is 0.600. The Kier molecular flexibility index (Phi) is 3.12. The Morgan fingerprint density at radius 1 is 1.17 bits per heavy atom. The lowest BCUT2D eigenvalue weighted by Crippen LogP contribution is -2.58. The Bertz CT molecular complexity index is 422. The maximum absolute atomic E-state index is 13.3. The molecule has 1 unspecified atom stereocenters. The first-order valence-corrected chi connectivity index (χ1v) is 6.98. The quantitative estimate of drug-likeness (QED) is 0.891. The second-order valence-electron chi connectivity index (χ2n) is 5.68. The second kappa shape index (κ2) is 4.63. The Morgan fingerprint density at radius 3 is 2.44 bits per heavy atom.